The van der Waals surface area contributed by atoms with Crippen LogP contribution in [0.15, 0.2) is 0 Å². The van der Waals surface area contributed by atoms with E-state index in [1.165, 1.54) is 0 Å². The molecule has 86 valence electrons. The number of aromatic amines is 1. The Labute approximate surface area is 90.4 Å². The molecular formula is C8H11N5O3. The van der Waals surface area contributed by atoms with Gasteiger partial charge in [-0.15, -0.1) is 10.2 Å². The molecule has 0 spiro atoms. The van der Waals surface area contributed by atoms with Gasteiger partial charge in [-0.2, -0.15) is 5.21 Å². The molecular weight excluding hydrogens is 214 g/mol. The molecule has 8 nitrogen and oxygen atoms in total. The predicted octanol–water partition coefficient (Wildman–Crippen LogP) is -0.817. The number of nitrogens with zero attached hydrogens (tertiary/aromatic N) is 3. The SMILES string of the molecule is O=C(N[C@H]1CC[C@H](C(=O)O)C1)c1nn[nH]n1. The fourth-order valence-electron chi connectivity index (χ4n) is 1.84. The predicted molar refractivity (Wildman–Crippen MR) is 50.4 cm³/mol. The number of hydrogen-bond donors (Lipinski definition) is 3. The van der Waals surface area contributed by atoms with Gasteiger partial charge in [-0.3, -0.25) is 9.59 Å². The summed E-state index contributed by atoms with van der Waals surface area (Å²) >= 11 is 0. The van der Waals surface area contributed by atoms with Gasteiger partial charge in [0, 0.05) is 6.04 Å². The number of amides is 1. The molecule has 1 fully saturated rings. The van der Waals surface area contributed by atoms with Crippen LogP contribution >= 0.6 is 0 Å². The van der Waals surface area contributed by atoms with E-state index < -0.39 is 11.9 Å². The summed E-state index contributed by atoms with van der Waals surface area (Å²) in [5, 5.41) is 24.0. The van der Waals surface area contributed by atoms with Gasteiger partial charge < -0.3 is 10.4 Å². The maximum Gasteiger partial charge on any atom is 0.306 e. The molecule has 1 aromatic rings. The lowest BCUT2D eigenvalue weighted by Gasteiger charge is -2.09. The summed E-state index contributed by atoms with van der Waals surface area (Å²) in [6.07, 6.45) is 1.71. The fraction of sp³-hybridized carbons (Fsp3) is 0.625. The van der Waals surface area contributed by atoms with Crippen molar-refractivity contribution in [1.29, 1.82) is 0 Å². The number of aliphatic carboxylic acids is 1. The smallest absolute Gasteiger partial charge is 0.306 e. The molecule has 16 heavy (non-hydrogen) atoms. The van der Waals surface area contributed by atoms with Gasteiger partial charge in [0.1, 0.15) is 0 Å². The highest BCUT2D eigenvalue weighted by Crippen LogP contribution is 2.25. The Kier molecular flexibility index (Phi) is 2.80. The molecule has 2 atom stereocenters. The van der Waals surface area contributed by atoms with Gasteiger partial charge in [-0.05, 0) is 24.5 Å². The highest BCUT2D eigenvalue weighted by molar-refractivity contribution is 5.90. The van der Waals surface area contributed by atoms with Crippen LogP contribution in [-0.2, 0) is 4.79 Å². The van der Waals surface area contributed by atoms with Crippen LogP contribution in [0.3, 0.4) is 0 Å². The Morgan fingerprint density at radius 2 is 2.25 bits per heavy atom. The molecule has 3 N–H and O–H groups in total. The summed E-state index contributed by atoms with van der Waals surface area (Å²) in [6, 6.07) is -0.118. The van der Waals surface area contributed by atoms with E-state index in [9.17, 15) is 9.59 Å². The van der Waals surface area contributed by atoms with Crippen LogP contribution in [-0.4, -0.2) is 43.6 Å². The zero-order chi connectivity index (χ0) is 11.5. The Bertz CT molecular complexity index is 390. The Morgan fingerprint density at radius 3 is 2.81 bits per heavy atom. The van der Waals surface area contributed by atoms with Crippen molar-refractivity contribution in [2.75, 3.05) is 0 Å². The van der Waals surface area contributed by atoms with E-state index in [0.29, 0.717) is 19.3 Å². The van der Waals surface area contributed by atoms with Crippen LogP contribution in [0.1, 0.15) is 29.9 Å². The van der Waals surface area contributed by atoms with Crippen LogP contribution in [0.25, 0.3) is 0 Å². The van der Waals surface area contributed by atoms with E-state index in [4.69, 9.17) is 5.11 Å². The highest BCUT2D eigenvalue weighted by Gasteiger charge is 2.31. The lowest BCUT2D eigenvalue weighted by molar-refractivity contribution is -0.141. The molecule has 1 aliphatic rings. The molecule has 0 aliphatic heterocycles. The third kappa shape index (κ3) is 2.15. The van der Waals surface area contributed by atoms with Crippen LogP contribution in [0.5, 0.6) is 0 Å². The van der Waals surface area contributed by atoms with Crippen molar-refractivity contribution in [1.82, 2.24) is 25.9 Å². The first-order chi connectivity index (χ1) is 7.66. The summed E-state index contributed by atoms with van der Waals surface area (Å²) in [5.74, 6) is -1.63. The first-order valence-corrected chi connectivity index (χ1v) is 4.94. The van der Waals surface area contributed by atoms with E-state index in [2.05, 4.69) is 25.9 Å². The number of H-pyrrole nitrogens is 1. The van der Waals surface area contributed by atoms with E-state index in [1.807, 2.05) is 0 Å². The minimum atomic E-state index is -0.809. The van der Waals surface area contributed by atoms with Gasteiger partial charge in [0.2, 0.25) is 0 Å². The van der Waals surface area contributed by atoms with Gasteiger partial charge in [0.05, 0.1) is 5.92 Å². The number of carboxylic acids is 1. The zero-order valence-corrected chi connectivity index (χ0v) is 8.38. The Morgan fingerprint density at radius 1 is 1.44 bits per heavy atom. The van der Waals surface area contributed by atoms with E-state index in [1.54, 1.807) is 0 Å². The molecule has 1 saturated carbocycles. The average Bonchev–Trinajstić information content (AvgIpc) is 2.87. The van der Waals surface area contributed by atoms with Gasteiger partial charge >= 0.3 is 5.97 Å². The van der Waals surface area contributed by atoms with Gasteiger partial charge in [-0.1, -0.05) is 0 Å². The van der Waals surface area contributed by atoms with E-state index in [-0.39, 0.29) is 17.8 Å². The van der Waals surface area contributed by atoms with Crippen molar-refractivity contribution >= 4 is 11.9 Å². The molecule has 0 bridgehead atoms. The third-order valence-corrected chi connectivity index (χ3v) is 2.67. The van der Waals surface area contributed by atoms with Crippen molar-refractivity contribution in [3.8, 4) is 0 Å². The van der Waals surface area contributed by atoms with Gasteiger partial charge in [-0.25, -0.2) is 0 Å². The standard InChI is InChI=1S/C8H11N5O3/c14-7(6-10-12-13-11-6)9-5-2-1-4(3-5)8(15)16/h4-5H,1-3H2,(H,9,14)(H,15,16)(H,10,11,12,13)/t4-,5-/m0/s1. The summed E-state index contributed by atoms with van der Waals surface area (Å²) in [6.45, 7) is 0. The second-order valence-corrected chi connectivity index (χ2v) is 3.75. The zero-order valence-electron chi connectivity index (χ0n) is 8.38. The summed E-state index contributed by atoms with van der Waals surface area (Å²) in [4.78, 5) is 22.2. The summed E-state index contributed by atoms with van der Waals surface area (Å²) in [5.41, 5.74) is 0. The average molecular weight is 225 g/mol. The minimum Gasteiger partial charge on any atom is -0.481 e. The number of aromatic nitrogens is 4. The number of nitrogens with one attached hydrogen (secondary N) is 2. The summed E-state index contributed by atoms with van der Waals surface area (Å²) < 4.78 is 0. The number of carbonyl (C=O) groups is 2. The molecule has 8 heteroatoms. The molecule has 1 aliphatic carbocycles. The van der Waals surface area contributed by atoms with Crippen LogP contribution in [0.2, 0.25) is 0 Å². The molecule has 0 radical (unpaired) electrons. The second-order valence-electron chi connectivity index (χ2n) is 3.75. The number of tetrazole rings is 1. The lowest BCUT2D eigenvalue weighted by atomic mass is 10.1. The molecule has 2 rings (SSSR count). The van der Waals surface area contributed by atoms with Crippen molar-refractivity contribution in [3.63, 3.8) is 0 Å². The monoisotopic (exact) mass is 225 g/mol. The first-order valence-electron chi connectivity index (χ1n) is 4.94. The van der Waals surface area contributed by atoms with Gasteiger partial charge in [0.15, 0.2) is 0 Å². The molecule has 0 unspecified atom stereocenters. The van der Waals surface area contributed by atoms with E-state index in [0.717, 1.165) is 0 Å². The molecule has 1 aromatic heterocycles. The first kappa shape index (κ1) is 10.5. The largest absolute Gasteiger partial charge is 0.481 e. The molecule has 1 heterocycles. The van der Waals surface area contributed by atoms with Crippen molar-refractivity contribution in [2.24, 2.45) is 5.92 Å². The van der Waals surface area contributed by atoms with Crippen molar-refractivity contribution in [2.45, 2.75) is 25.3 Å². The maximum atomic E-state index is 11.5. The van der Waals surface area contributed by atoms with Crippen LogP contribution in [0, 0.1) is 5.92 Å². The Hall–Kier alpha value is -1.99. The summed E-state index contributed by atoms with van der Waals surface area (Å²) in [7, 11) is 0. The van der Waals surface area contributed by atoms with Crippen molar-refractivity contribution in [3.05, 3.63) is 5.82 Å². The quantitative estimate of drug-likeness (QED) is 0.618. The maximum absolute atomic E-state index is 11.5. The number of carbonyl (C=O) groups excluding carboxylic acids is 1. The van der Waals surface area contributed by atoms with Crippen LogP contribution in [0.4, 0.5) is 0 Å². The number of hydrogen-bond acceptors (Lipinski definition) is 5. The number of rotatable bonds is 3. The molecule has 0 aromatic carbocycles. The molecule has 0 saturated heterocycles. The third-order valence-electron chi connectivity index (χ3n) is 2.67. The second kappa shape index (κ2) is 4.25. The van der Waals surface area contributed by atoms with Gasteiger partial charge in [0.25, 0.3) is 11.7 Å². The lowest BCUT2D eigenvalue weighted by Crippen LogP contribution is -2.34. The Balaban J connectivity index is 1.88. The normalized spacial score (nSPS) is 24.2. The van der Waals surface area contributed by atoms with E-state index >= 15 is 0 Å². The van der Waals surface area contributed by atoms with Crippen LogP contribution < -0.4 is 5.32 Å². The highest BCUT2D eigenvalue weighted by atomic mass is 16.4. The molecule has 1 amide bonds. The topological polar surface area (TPSA) is 121 Å². The van der Waals surface area contributed by atoms with Crippen molar-refractivity contribution < 1.29 is 14.7 Å². The minimum absolute atomic E-state index is 0.0289. The fourth-order valence-corrected chi connectivity index (χ4v) is 1.84. The number of carboxylic acid groups (broad SMARTS) is 1.